The zero-order valence-electron chi connectivity index (χ0n) is 24.4. The predicted molar refractivity (Wildman–Crippen MR) is 162 cm³/mol. The summed E-state index contributed by atoms with van der Waals surface area (Å²) in [5.74, 6) is 1.46. The summed E-state index contributed by atoms with van der Waals surface area (Å²) >= 11 is 6.24. The van der Waals surface area contributed by atoms with Gasteiger partial charge >= 0.3 is 0 Å². The third-order valence-corrected chi connectivity index (χ3v) is 9.04. The van der Waals surface area contributed by atoms with Gasteiger partial charge in [-0.25, -0.2) is 13.4 Å². The fourth-order valence-electron chi connectivity index (χ4n) is 4.65. The molecule has 2 aromatic carbocycles. The summed E-state index contributed by atoms with van der Waals surface area (Å²) in [5.41, 5.74) is 3.53. The lowest BCUT2D eigenvalue weighted by Gasteiger charge is -2.18. The first-order valence-corrected chi connectivity index (χ1v) is 15.6. The maximum Gasteiger partial charge on any atom is 0.262 e. The zero-order valence-corrected chi connectivity index (χ0v) is 25.9. The van der Waals surface area contributed by atoms with Gasteiger partial charge in [0.1, 0.15) is 18.9 Å². The number of anilines is 1. The molecule has 3 aromatic rings. The summed E-state index contributed by atoms with van der Waals surface area (Å²) in [6.07, 6.45) is 1.53. The smallest absolute Gasteiger partial charge is 0.262 e. The molecule has 1 aliphatic rings. The number of methoxy groups -OCH3 is 1. The van der Waals surface area contributed by atoms with Gasteiger partial charge in [0.15, 0.2) is 11.5 Å². The molecule has 11 heteroatoms. The minimum Gasteiger partial charge on any atom is -0.493 e. The zero-order chi connectivity index (χ0) is 29.6. The second-order valence-corrected chi connectivity index (χ2v) is 12.3. The van der Waals surface area contributed by atoms with E-state index < -0.39 is 10.0 Å². The molecule has 9 nitrogen and oxygen atoms in total. The number of likely N-dealkylation sites (N-methyl/N-ethyl adjacent to an activating group) is 2. The van der Waals surface area contributed by atoms with E-state index in [1.807, 2.05) is 43.3 Å². The maximum atomic E-state index is 13.5. The molecule has 0 atom stereocenters. The van der Waals surface area contributed by atoms with Crippen LogP contribution in [0.4, 0.5) is 5.69 Å². The summed E-state index contributed by atoms with van der Waals surface area (Å²) in [4.78, 5) is 9.34. The molecule has 0 saturated carbocycles. The molecule has 2 heterocycles. The van der Waals surface area contributed by atoms with E-state index in [4.69, 9.17) is 30.8 Å². The highest BCUT2D eigenvalue weighted by Gasteiger charge is 2.24. The summed E-state index contributed by atoms with van der Waals surface area (Å²) in [5, 5.41) is 0.382. The van der Waals surface area contributed by atoms with Gasteiger partial charge in [0, 0.05) is 36.8 Å². The molecule has 0 amide bonds. The SMILES string of the molecule is CCN1CCc2cc(NS(=O)(=O)c3cccc(Cl)c3C)c(OCc3ccc(OC)c(OCCN(C)C)c3)nc2CC1. The highest BCUT2D eigenvalue weighted by atomic mass is 35.5. The number of pyridine rings is 1. The lowest BCUT2D eigenvalue weighted by atomic mass is 10.1. The minimum absolute atomic E-state index is 0.109. The Morgan fingerprint density at radius 1 is 1.07 bits per heavy atom. The molecule has 0 radical (unpaired) electrons. The van der Waals surface area contributed by atoms with Gasteiger partial charge in [-0.3, -0.25) is 4.72 Å². The second kappa shape index (κ2) is 13.7. The first-order valence-electron chi connectivity index (χ1n) is 13.7. The van der Waals surface area contributed by atoms with Crippen LogP contribution in [0.15, 0.2) is 47.4 Å². The Hall–Kier alpha value is -3.05. The van der Waals surface area contributed by atoms with Crippen molar-refractivity contribution in [1.82, 2.24) is 14.8 Å². The predicted octanol–water partition coefficient (Wildman–Crippen LogP) is 4.79. The number of nitrogens with one attached hydrogen (secondary N) is 1. The van der Waals surface area contributed by atoms with Crippen molar-refractivity contribution < 1.29 is 22.6 Å². The van der Waals surface area contributed by atoms with Crippen LogP contribution >= 0.6 is 11.6 Å². The molecule has 1 aliphatic heterocycles. The molecule has 4 rings (SSSR count). The minimum atomic E-state index is -3.96. The van der Waals surface area contributed by atoms with Gasteiger partial charge in [-0.05, 0) is 81.0 Å². The fraction of sp³-hybridized carbons (Fsp3) is 0.433. The summed E-state index contributed by atoms with van der Waals surface area (Å²) in [6, 6.07) is 12.3. The number of hydrogen-bond acceptors (Lipinski definition) is 8. The van der Waals surface area contributed by atoms with Gasteiger partial charge in [-0.1, -0.05) is 30.7 Å². The second-order valence-electron chi connectivity index (χ2n) is 10.3. The Balaban J connectivity index is 1.64. The van der Waals surface area contributed by atoms with Crippen LogP contribution in [0, 0.1) is 6.92 Å². The average molecular weight is 603 g/mol. The standard InChI is InChI=1S/C30H39ClN4O5S/c1-6-35-14-12-23-19-26(33-41(36,37)29-9-7-8-24(31)21(29)2)30(32-25(23)13-15-35)40-20-22-10-11-27(38-5)28(18-22)39-17-16-34(3)4/h7-11,18-19,33H,6,12-17,20H2,1-5H3. The van der Waals surface area contributed by atoms with Crippen LogP contribution in [-0.2, 0) is 29.5 Å². The Morgan fingerprint density at radius 3 is 2.59 bits per heavy atom. The molecule has 0 aliphatic carbocycles. The van der Waals surface area contributed by atoms with Gasteiger partial charge in [-0.2, -0.15) is 0 Å². The molecule has 0 unspecified atom stereocenters. The average Bonchev–Trinajstić information content (AvgIpc) is 3.14. The highest BCUT2D eigenvalue weighted by molar-refractivity contribution is 7.92. The number of aromatic nitrogens is 1. The van der Waals surface area contributed by atoms with E-state index in [-0.39, 0.29) is 17.4 Å². The number of sulfonamides is 1. The third kappa shape index (κ3) is 7.82. The molecule has 222 valence electrons. The van der Waals surface area contributed by atoms with E-state index in [0.29, 0.717) is 34.4 Å². The number of ether oxygens (including phenoxy) is 3. The number of hydrogen-bond donors (Lipinski definition) is 1. The fourth-order valence-corrected chi connectivity index (χ4v) is 6.20. The van der Waals surface area contributed by atoms with E-state index >= 15 is 0 Å². The van der Waals surface area contributed by atoms with Crippen LogP contribution in [0.1, 0.15) is 29.3 Å². The molecule has 41 heavy (non-hydrogen) atoms. The molecule has 0 spiro atoms. The first kappa shape index (κ1) is 30.9. The number of rotatable bonds is 12. The van der Waals surface area contributed by atoms with Gasteiger partial charge in [0.25, 0.3) is 10.0 Å². The Bertz CT molecular complexity index is 1470. The van der Waals surface area contributed by atoms with Crippen molar-refractivity contribution in [3.63, 3.8) is 0 Å². The van der Waals surface area contributed by atoms with E-state index in [1.54, 1.807) is 26.2 Å². The van der Waals surface area contributed by atoms with Crippen LogP contribution in [-0.4, -0.2) is 77.2 Å². The summed E-state index contributed by atoms with van der Waals surface area (Å²) in [7, 11) is 1.61. The van der Waals surface area contributed by atoms with Crippen molar-refractivity contribution in [3.05, 3.63) is 69.9 Å². The molecule has 1 N–H and O–H groups in total. The molecule has 0 saturated heterocycles. The Labute approximate surface area is 248 Å². The van der Waals surface area contributed by atoms with E-state index in [9.17, 15) is 8.42 Å². The van der Waals surface area contributed by atoms with Crippen LogP contribution in [0.2, 0.25) is 5.02 Å². The van der Waals surface area contributed by atoms with E-state index in [2.05, 4.69) is 16.5 Å². The maximum absolute atomic E-state index is 13.5. The normalized spacial score (nSPS) is 13.9. The lowest BCUT2D eigenvalue weighted by molar-refractivity contribution is 0.249. The topological polar surface area (TPSA) is 93.2 Å². The van der Waals surface area contributed by atoms with Crippen molar-refractivity contribution in [2.75, 3.05) is 58.7 Å². The number of nitrogens with zero attached hydrogens (tertiary/aromatic N) is 3. The van der Waals surface area contributed by atoms with Crippen LogP contribution in [0.5, 0.6) is 17.4 Å². The van der Waals surface area contributed by atoms with Crippen molar-refractivity contribution in [2.45, 2.75) is 38.2 Å². The van der Waals surface area contributed by atoms with Crippen LogP contribution in [0.25, 0.3) is 0 Å². The molecule has 0 fully saturated rings. The van der Waals surface area contributed by atoms with Gasteiger partial charge in [0.05, 0.1) is 12.0 Å². The van der Waals surface area contributed by atoms with Crippen LogP contribution < -0.4 is 18.9 Å². The quantitative estimate of drug-likeness (QED) is 0.316. The Morgan fingerprint density at radius 2 is 1.85 bits per heavy atom. The largest absolute Gasteiger partial charge is 0.493 e. The first-order chi connectivity index (χ1) is 19.6. The van der Waals surface area contributed by atoms with Gasteiger partial charge < -0.3 is 24.0 Å². The molecular weight excluding hydrogens is 564 g/mol. The number of fused-ring (bicyclic) bond motifs is 1. The van der Waals surface area contributed by atoms with Crippen molar-refractivity contribution in [3.8, 4) is 17.4 Å². The monoisotopic (exact) mass is 602 g/mol. The van der Waals surface area contributed by atoms with E-state index in [1.165, 1.54) is 6.07 Å². The van der Waals surface area contributed by atoms with Gasteiger partial charge in [0.2, 0.25) is 5.88 Å². The van der Waals surface area contributed by atoms with Crippen molar-refractivity contribution >= 4 is 27.3 Å². The van der Waals surface area contributed by atoms with Gasteiger partial charge in [-0.15, -0.1) is 0 Å². The number of benzene rings is 2. The molecule has 1 aromatic heterocycles. The third-order valence-electron chi connectivity index (χ3n) is 7.12. The lowest BCUT2D eigenvalue weighted by Crippen LogP contribution is -2.25. The van der Waals surface area contributed by atoms with Crippen LogP contribution in [0.3, 0.4) is 0 Å². The van der Waals surface area contributed by atoms with Crippen molar-refractivity contribution in [2.24, 2.45) is 0 Å². The molecule has 0 bridgehead atoms. The Kier molecular flexibility index (Phi) is 10.4. The summed E-state index contributed by atoms with van der Waals surface area (Å²) in [6.45, 7) is 7.95. The molecular formula is C30H39ClN4O5S. The van der Waals surface area contributed by atoms with E-state index in [0.717, 1.165) is 55.8 Å². The number of halogens is 1. The summed E-state index contributed by atoms with van der Waals surface area (Å²) < 4.78 is 47.4. The van der Waals surface area contributed by atoms with Crippen molar-refractivity contribution in [1.29, 1.82) is 0 Å². The highest BCUT2D eigenvalue weighted by Crippen LogP contribution is 2.33.